The van der Waals surface area contributed by atoms with Crippen molar-refractivity contribution in [3.63, 3.8) is 0 Å². The van der Waals surface area contributed by atoms with Gasteiger partial charge in [-0.15, -0.1) is 0 Å². The van der Waals surface area contributed by atoms with Crippen LogP contribution in [-0.4, -0.2) is 61.1 Å². The van der Waals surface area contributed by atoms with Crippen LogP contribution in [0.3, 0.4) is 0 Å². The Morgan fingerprint density at radius 1 is 1.11 bits per heavy atom. The summed E-state index contributed by atoms with van der Waals surface area (Å²) in [4.78, 5) is 17.6. The Morgan fingerprint density at radius 2 is 1.81 bits per heavy atom. The first-order chi connectivity index (χ1) is 13.0. The topological polar surface area (TPSA) is 32.8 Å². The number of benzene rings is 1. The van der Waals surface area contributed by atoms with Gasteiger partial charge in [0.05, 0.1) is 13.2 Å². The van der Waals surface area contributed by atoms with Gasteiger partial charge in [0.2, 0.25) is 0 Å². The number of carbonyl (C=O) groups excluding carboxylic acids is 1. The molecule has 0 saturated carbocycles. The van der Waals surface area contributed by atoms with E-state index in [1.54, 1.807) is 0 Å². The van der Waals surface area contributed by atoms with Crippen molar-refractivity contribution >= 4 is 5.91 Å². The molecule has 0 bridgehead atoms. The van der Waals surface area contributed by atoms with Crippen molar-refractivity contribution in [1.29, 1.82) is 0 Å². The zero-order valence-corrected chi connectivity index (χ0v) is 17.0. The van der Waals surface area contributed by atoms with Crippen LogP contribution >= 0.6 is 0 Å². The molecule has 4 nitrogen and oxygen atoms in total. The van der Waals surface area contributed by atoms with E-state index >= 15 is 0 Å². The van der Waals surface area contributed by atoms with Crippen molar-refractivity contribution in [2.45, 2.75) is 52.0 Å². The summed E-state index contributed by atoms with van der Waals surface area (Å²) in [6, 6.07) is 8.94. The minimum Gasteiger partial charge on any atom is -0.380 e. The first-order valence-corrected chi connectivity index (χ1v) is 10.7. The van der Waals surface area contributed by atoms with E-state index in [2.05, 4.69) is 35.8 Å². The molecule has 3 saturated heterocycles. The standard InChI is InChI=1S/C23H34N2O2/c1-18-4-3-11-25(15-18)21-9-12-24(13-10-21)22(26)20-7-5-19(6-8-20)14-23(2)16-27-17-23/h5-8,18,21H,3-4,9-17H2,1-2H3. The molecule has 4 rings (SSSR count). The van der Waals surface area contributed by atoms with Gasteiger partial charge in [-0.1, -0.05) is 26.0 Å². The Morgan fingerprint density at radius 3 is 2.41 bits per heavy atom. The summed E-state index contributed by atoms with van der Waals surface area (Å²) in [6.07, 6.45) is 5.97. The zero-order chi connectivity index (χ0) is 18.9. The summed E-state index contributed by atoms with van der Waals surface area (Å²) in [5, 5.41) is 0. The van der Waals surface area contributed by atoms with E-state index in [0.717, 1.165) is 57.0 Å². The lowest BCUT2D eigenvalue weighted by molar-refractivity contribution is -0.100. The number of amides is 1. The highest BCUT2D eigenvalue weighted by Crippen LogP contribution is 2.31. The smallest absolute Gasteiger partial charge is 0.253 e. The largest absolute Gasteiger partial charge is 0.380 e. The highest BCUT2D eigenvalue weighted by Gasteiger charge is 2.33. The van der Waals surface area contributed by atoms with Crippen LogP contribution in [0.5, 0.6) is 0 Å². The van der Waals surface area contributed by atoms with Crippen LogP contribution in [0, 0.1) is 11.3 Å². The molecule has 0 N–H and O–H groups in total. The molecule has 3 aliphatic heterocycles. The maximum atomic E-state index is 12.9. The van der Waals surface area contributed by atoms with E-state index in [1.807, 2.05) is 12.1 Å². The summed E-state index contributed by atoms with van der Waals surface area (Å²) in [7, 11) is 0. The fourth-order valence-corrected chi connectivity index (χ4v) is 4.98. The highest BCUT2D eigenvalue weighted by molar-refractivity contribution is 5.94. The first kappa shape index (κ1) is 18.9. The molecule has 4 heteroatoms. The number of nitrogens with zero attached hydrogens (tertiary/aromatic N) is 2. The van der Waals surface area contributed by atoms with Crippen molar-refractivity contribution < 1.29 is 9.53 Å². The molecule has 3 fully saturated rings. The van der Waals surface area contributed by atoms with E-state index in [-0.39, 0.29) is 11.3 Å². The van der Waals surface area contributed by atoms with Crippen LogP contribution in [0.2, 0.25) is 0 Å². The van der Waals surface area contributed by atoms with Gasteiger partial charge in [-0.2, -0.15) is 0 Å². The highest BCUT2D eigenvalue weighted by atomic mass is 16.5. The third kappa shape index (κ3) is 4.38. The summed E-state index contributed by atoms with van der Waals surface area (Å²) >= 11 is 0. The SMILES string of the molecule is CC1CCCN(C2CCN(C(=O)c3ccc(CC4(C)COC4)cc3)CC2)C1. The number of rotatable bonds is 4. The van der Waals surface area contributed by atoms with Crippen molar-refractivity contribution in [2.75, 3.05) is 39.4 Å². The molecule has 1 aromatic carbocycles. The van der Waals surface area contributed by atoms with E-state index in [1.165, 1.54) is 31.5 Å². The molecule has 0 radical (unpaired) electrons. The lowest BCUT2D eigenvalue weighted by Crippen LogP contribution is -2.49. The average molecular weight is 371 g/mol. The molecule has 0 aromatic heterocycles. The molecule has 1 atom stereocenters. The Hall–Kier alpha value is -1.39. The zero-order valence-electron chi connectivity index (χ0n) is 17.0. The summed E-state index contributed by atoms with van der Waals surface area (Å²) < 4.78 is 5.35. The van der Waals surface area contributed by atoms with Gasteiger partial charge < -0.3 is 9.64 Å². The molecule has 3 heterocycles. The van der Waals surface area contributed by atoms with E-state index in [4.69, 9.17) is 4.74 Å². The molecule has 27 heavy (non-hydrogen) atoms. The van der Waals surface area contributed by atoms with Crippen molar-refractivity contribution in [3.05, 3.63) is 35.4 Å². The second kappa shape index (κ2) is 7.92. The molecule has 0 aliphatic carbocycles. The van der Waals surface area contributed by atoms with Crippen LogP contribution in [0.25, 0.3) is 0 Å². The van der Waals surface area contributed by atoms with Gasteiger partial charge >= 0.3 is 0 Å². The van der Waals surface area contributed by atoms with Crippen LogP contribution in [0.4, 0.5) is 0 Å². The Kier molecular flexibility index (Phi) is 5.56. The molecular formula is C23H34N2O2. The molecule has 1 aromatic rings. The maximum absolute atomic E-state index is 12.9. The Bertz CT molecular complexity index is 645. The van der Waals surface area contributed by atoms with Crippen LogP contribution in [-0.2, 0) is 11.2 Å². The molecule has 1 amide bonds. The van der Waals surface area contributed by atoms with Gasteiger partial charge in [-0.25, -0.2) is 0 Å². The van der Waals surface area contributed by atoms with E-state index in [0.29, 0.717) is 6.04 Å². The quantitative estimate of drug-likeness (QED) is 0.812. The lowest BCUT2D eigenvalue weighted by Gasteiger charge is -2.41. The monoisotopic (exact) mass is 370 g/mol. The summed E-state index contributed by atoms with van der Waals surface area (Å²) in [5.74, 6) is 1.02. The molecule has 148 valence electrons. The number of piperidine rings is 2. The minimum absolute atomic E-state index is 0.199. The van der Waals surface area contributed by atoms with Gasteiger partial charge in [-0.3, -0.25) is 9.69 Å². The normalized spacial score (nSPS) is 26.6. The summed E-state index contributed by atoms with van der Waals surface area (Å²) in [5.41, 5.74) is 2.41. The predicted octanol–water partition coefficient (Wildman–Crippen LogP) is 3.60. The summed E-state index contributed by atoms with van der Waals surface area (Å²) in [6.45, 7) is 10.6. The van der Waals surface area contributed by atoms with Crippen molar-refractivity contribution in [3.8, 4) is 0 Å². The third-order valence-corrected chi connectivity index (χ3v) is 6.69. The second-order valence-electron chi connectivity index (χ2n) is 9.44. The maximum Gasteiger partial charge on any atom is 0.253 e. The number of hydrogen-bond donors (Lipinski definition) is 0. The second-order valence-corrected chi connectivity index (χ2v) is 9.44. The predicted molar refractivity (Wildman–Crippen MR) is 108 cm³/mol. The van der Waals surface area contributed by atoms with Crippen molar-refractivity contribution in [1.82, 2.24) is 9.80 Å². The molecule has 1 unspecified atom stereocenters. The van der Waals surface area contributed by atoms with Gasteiger partial charge in [0.25, 0.3) is 5.91 Å². The number of hydrogen-bond acceptors (Lipinski definition) is 3. The van der Waals surface area contributed by atoms with Gasteiger partial charge in [0.1, 0.15) is 0 Å². The third-order valence-electron chi connectivity index (χ3n) is 6.69. The van der Waals surface area contributed by atoms with Gasteiger partial charge in [0.15, 0.2) is 0 Å². The average Bonchev–Trinajstić information content (AvgIpc) is 2.67. The van der Waals surface area contributed by atoms with E-state index in [9.17, 15) is 4.79 Å². The lowest BCUT2D eigenvalue weighted by atomic mass is 9.82. The first-order valence-electron chi connectivity index (χ1n) is 10.7. The molecular weight excluding hydrogens is 336 g/mol. The Labute approximate surface area is 163 Å². The van der Waals surface area contributed by atoms with Crippen molar-refractivity contribution in [2.24, 2.45) is 11.3 Å². The fourth-order valence-electron chi connectivity index (χ4n) is 4.98. The number of ether oxygens (including phenoxy) is 1. The van der Waals surface area contributed by atoms with Gasteiger partial charge in [0, 0.05) is 36.7 Å². The minimum atomic E-state index is 0.199. The van der Waals surface area contributed by atoms with Gasteiger partial charge in [-0.05, 0) is 62.3 Å². The Balaban J connectivity index is 1.30. The molecule has 3 aliphatic rings. The van der Waals surface area contributed by atoms with E-state index < -0.39 is 0 Å². The number of carbonyl (C=O) groups is 1. The fraction of sp³-hybridized carbons (Fsp3) is 0.696. The van der Waals surface area contributed by atoms with Crippen LogP contribution in [0.1, 0.15) is 55.5 Å². The van der Waals surface area contributed by atoms with Crippen LogP contribution in [0.15, 0.2) is 24.3 Å². The molecule has 0 spiro atoms. The number of likely N-dealkylation sites (tertiary alicyclic amines) is 2. The van der Waals surface area contributed by atoms with Crippen LogP contribution < -0.4 is 0 Å².